The van der Waals surface area contributed by atoms with Crippen LogP contribution in [0.4, 0.5) is 0 Å². The summed E-state index contributed by atoms with van der Waals surface area (Å²) in [6.45, 7) is 7.17. The Hall–Kier alpha value is -3.22. The molecule has 3 aromatic rings. The van der Waals surface area contributed by atoms with Crippen molar-refractivity contribution >= 4 is 5.91 Å². The molecule has 158 valence electrons. The first-order valence-electron chi connectivity index (χ1n) is 10.3. The molecule has 0 saturated heterocycles. The van der Waals surface area contributed by atoms with Gasteiger partial charge in [-0.15, -0.1) is 5.10 Å². The van der Waals surface area contributed by atoms with Crippen LogP contribution in [0.3, 0.4) is 0 Å². The summed E-state index contributed by atoms with van der Waals surface area (Å²) < 4.78 is 7.52. The van der Waals surface area contributed by atoms with Crippen LogP contribution < -0.4 is 10.1 Å². The van der Waals surface area contributed by atoms with Gasteiger partial charge >= 0.3 is 0 Å². The standard InChI is InChI=1S/C23H29N5O2/c1-17(2)13-14-30-22-12-8-7-11-20(22)16-24-23(29)21(28-18(3)25-26-27-28)15-19-9-5-4-6-10-19/h4-12,17,21H,13-16H2,1-3H3,(H,24,29). The van der Waals surface area contributed by atoms with Crippen LogP contribution in [0.1, 0.15) is 43.3 Å². The fraction of sp³-hybridized carbons (Fsp3) is 0.391. The van der Waals surface area contributed by atoms with Crippen LogP contribution in [0.15, 0.2) is 54.6 Å². The van der Waals surface area contributed by atoms with E-state index in [0.717, 1.165) is 23.3 Å². The van der Waals surface area contributed by atoms with Gasteiger partial charge < -0.3 is 10.1 Å². The molecule has 1 atom stereocenters. The molecule has 2 aromatic carbocycles. The Bertz CT molecular complexity index is 940. The van der Waals surface area contributed by atoms with Gasteiger partial charge in [-0.1, -0.05) is 62.4 Å². The minimum absolute atomic E-state index is 0.133. The Kier molecular flexibility index (Phi) is 7.54. The fourth-order valence-electron chi connectivity index (χ4n) is 3.15. The minimum atomic E-state index is -0.531. The van der Waals surface area contributed by atoms with E-state index in [1.165, 1.54) is 0 Å². The molecule has 0 aliphatic carbocycles. The van der Waals surface area contributed by atoms with Crippen LogP contribution in [0.2, 0.25) is 0 Å². The van der Waals surface area contributed by atoms with Crippen LogP contribution in [-0.2, 0) is 17.8 Å². The zero-order valence-corrected chi connectivity index (χ0v) is 17.8. The molecule has 7 nitrogen and oxygen atoms in total. The summed E-state index contributed by atoms with van der Waals surface area (Å²) in [5, 5.41) is 14.7. The number of tetrazole rings is 1. The van der Waals surface area contributed by atoms with E-state index in [0.29, 0.717) is 31.3 Å². The van der Waals surface area contributed by atoms with Gasteiger partial charge in [0.05, 0.1) is 6.61 Å². The topological polar surface area (TPSA) is 81.9 Å². The lowest BCUT2D eigenvalue weighted by Gasteiger charge is -2.18. The predicted molar refractivity (Wildman–Crippen MR) is 115 cm³/mol. The minimum Gasteiger partial charge on any atom is -0.493 e. The van der Waals surface area contributed by atoms with E-state index in [-0.39, 0.29) is 5.91 Å². The number of hydrogen-bond acceptors (Lipinski definition) is 5. The van der Waals surface area contributed by atoms with E-state index in [1.807, 2.05) is 54.6 Å². The zero-order valence-electron chi connectivity index (χ0n) is 17.8. The SMILES string of the molecule is Cc1nnnn1C(Cc1ccccc1)C(=O)NCc1ccccc1OCCC(C)C. The van der Waals surface area contributed by atoms with Crippen molar-refractivity contribution < 1.29 is 9.53 Å². The Balaban J connectivity index is 1.70. The molecule has 0 fully saturated rings. The molecule has 0 spiro atoms. The number of nitrogens with one attached hydrogen (secondary N) is 1. The van der Waals surface area contributed by atoms with Crippen LogP contribution in [0, 0.1) is 12.8 Å². The maximum absolute atomic E-state index is 13.1. The lowest BCUT2D eigenvalue weighted by molar-refractivity contribution is -0.124. The lowest BCUT2D eigenvalue weighted by atomic mass is 10.1. The number of amides is 1. The Morgan fingerprint density at radius 2 is 1.83 bits per heavy atom. The molecule has 0 bridgehead atoms. The fourth-order valence-corrected chi connectivity index (χ4v) is 3.15. The highest BCUT2D eigenvalue weighted by Crippen LogP contribution is 2.20. The summed E-state index contributed by atoms with van der Waals surface area (Å²) in [5.74, 6) is 1.85. The molecule has 1 N–H and O–H groups in total. The summed E-state index contributed by atoms with van der Waals surface area (Å²) >= 11 is 0. The number of hydrogen-bond donors (Lipinski definition) is 1. The molecule has 0 aliphatic heterocycles. The monoisotopic (exact) mass is 407 g/mol. The molecular weight excluding hydrogens is 378 g/mol. The normalized spacial score (nSPS) is 12.0. The van der Waals surface area contributed by atoms with Crippen LogP contribution in [-0.4, -0.2) is 32.7 Å². The van der Waals surface area contributed by atoms with Crippen molar-refractivity contribution in [2.24, 2.45) is 5.92 Å². The second-order valence-electron chi connectivity index (χ2n) is 7.73. The quantitative estimate of drug-likeness (QED) is 0.556. The van der Waals surface area contributed by atoms with Crippen molar-refractivity contribution in [2.75, 3.05) is 6.61 Å². The van der Waals surface area contributed by atoms with E-state index in [9.17, 15) is 4.79 Å². The number of carbonyl (C=O) groups excluding carboxylic acids is 1. The number of ether oxygens (including phenoxy) is 1. The average molecular weight is 408 g/mol. The highest BCUT2D eigenvalue weighted by Gasteiger charge is 2.24. The van der Waals surface area contributed by atoms with Gasteiger partial charge in [-0.05, 0) is 41.3 Å². The van der Waals surface area contributed by atoms with E-state index >= 15 is 0 Å². The molecule has 0 radical (unpaired) electrons. The molecule has 30 heavy (non-hydrogen) atoms. The van der Waals surface area contributed by atoms with E-state index in [2.05, 4.69) is 34.7 Å². The first-order chi connectivity index (χ1) is 14.5. The summed E-state index contributed by atoms with van der Waals surface area (Å²) in [7, 11) is 0. The maximum atomic E-state index is 13.1. The first-order valence-corrected chi connectivity index (χ1v) is 10.3. The third-order valence-electron chi connectivity index (χ3n) is 4.91. The number of rotatable bonds is 10. The van der Waals surface area contributed by atoms with E-state index < -0.39 is 6.04 Å². The smallest absolute Gasteiger partial charge is 0.245 e. The third-order valence-corrected chi connectivity index (χ3v) is 4.91. The molecule has 1 unspecified atom stereocenters. The molecule has 3 rings (SSSR count). The number of nitrogens with zero attached hydrogens (tertiary/aromatic N) is 4. The molecule has 0 saturated carbocycles. The molecular formula is C23H29N5O2. The number of benzene rings is 2. The summed E-state index contributed by atoms with van der Waals surface area (Å²) in [4.78, 5) is 13.1. The van der Waals surface area contributed by atoms with Crippen molar-refractivity contribution in [1.82, 2.24) is 25.5 Å². The molecule has 1 aromatic heterocycles. The Labute approximate surface area is 177 Å². The van der Waals surface area contributed by atoms with Gasteiger partial charge in [-0.25, -0.2) is 4.68 Å². The molecule has 1 amide bonds. The van der Waals surface area contributed by atoms with Crippen LogP contribution in [0.25, 0.3) is 0 Å². The van der Waals surface area contributed by atoms with Gasteiger partial charge in [0.2, 0.25) is 5.91 Å². The van der Waals surface area contributed by atoms with Crippen molar-refractivity contribution in [2.45, 2.75) is 46.2 Å². The highest BCUT2D eigenvalue weighted by atomic mass is 16.5. The number of carbonyl (C=O) groups is 1. The van der Waals surface area contributed by atoms with Crippen LogP contribution in [0.5, 0.6) is 5.75 Å². The van der Waals surface area contributed by atoms with Crippen molar-refractivity contribution in [1.29, 1.82) is 0 Å². The van der Waals surface area contributed by atoms with Crippen LogP contribution >= 0.6 is 0 Å². The Morgan fingerprint density at radius 1 is 1.10 bits per heavy atom. The van der Waals surface area contributed by atoms with Gasteiger partial charge in [0, 0.05) is 18.5 Å². The van der Waals surface area contributed by atoms with Crippen molar-refractivity contribution in [3.8, 4) is 5.75 Å². The molecule has 1 heterocycles. The van der Waals surface area contributed by atoms with E-state index in [4.69, 9.17) is 4.74 Å². The van der Waals surface area contributed by atoms with Crippen molar-refractivity contribution in [3.05, 3.63) is 71.5 Å². The van der Waals surface area contributed by atoms with Gasteiger partial charge in [0.25, 0.3) is 0 Å². The van der Waals surface area contributed by atoms with Crippen molar-refractivity contribution in [3.63, 3.8) is 0 Å². The van der Waals surface area contributed by atoms with Gasteiger partial charge in [0.15, 0.2) is 0 Å². The average Bonchev–Trinajstić information content (AvgIpc) is 3.17. The second kappa shape index (κ2) is 10.5. The van der Waals surface area contributed by atoms with E-state index in [1.54, 1.807) is 11.6 Å². The number of aromatic nitrogens is 4. The number of para-hydroxylation sites is 1. The summed E-state index contributed by atoms with van der Waals surface area (Å²) in [5.41, 5.74) is 1.99. The predicted octanol–water partition coefficient (Wildman–Crippen LogP) is 3.51. The number of aryl methyl sites for hydroxylation is 1. The second-order valence-corrected chi connectivity index (χ2v) is 7.73. The third kappa shape index (κ3) is 5.89. The highest BCUT2D eigenvalue weighted by molar-refractivity contribution is 5.80. The zero-order chi connectivity index (χ0) is 21.3. The molecule has 0 aliphatic rings. The first kappa shape index (κ1) is 21.5. The summed E-state index contributed by atoms with van der Waals surface area (Å²) in [6, 6.07) is 17.1. The van der Waals surface area contributed by atoms with Gasteiger partial charge in [-0.2, -0.15) is 0 Å². The summed E-state index contributed by atoms with van der Waals surface area (Å²) in [6.07, 6.45) is 1.49. The lowest BCUT2D eigenvalue weighted by Crippen LogP contribution is -2.34. The molecule has 7 heteroatoms. The van der Waals surface area contributed by atoms with Gasteiger partial charge in [0.1, 0.15) is 17.6 Å². The maximum Gasteiger partial charge on any atom is 0.245 e. The Morgan fingerprint density at radius 3 is 2.53 bits per heavy atom. The largest absolute Gasteiger partial charge is 0.493 e. The van der Waals surface area contributed by atoms with Gasteiger partial charge in [-0.3, -0.25) is 4.79 Å².